The quantitative estimate of drug-likeness (QED) is 0.585. The lowest BCUT2D eigenvalue weighted by Gasteiger charge is -2.15. The Morgan fingerprint density at radius 2 is 1.78 bits per heavy atom. The summed E-state index contributed by atoms with van der Waals surface area (Å²) in [5.41, 5.74) is 4.02. The number of rotatable bonds is 7. The van der Waals surface area contributed by atoms with Crippen molar-refractivity contribution in [1.29, 1.82) is 0 Å². The summed E-state index contributed by atoms with van der Waals surface area (Å²) in [6, 6.07) is 15.6. The molecule has 5 nitrogen and oxygen atoms in total. The molecule has 0 aliphatic carbocycles. The van der Waals surface area contributed by atoms with Gasteiger partial charge in [-0.2, -0.15) is 0 Å². The number of H-pyrrole nitrogens is 1. The molecule has 1 heterocycles. The summed E-state index contributed by atoms with van der Waals surface area (Å²) in [7, 11) is 0. The molecular weight excluding hydrogens is 338 g/mol. The van der Waals surface area contributed by atoms with Gasteiger partial charge in [0.15, 0.2) is 0 Å². The number of aromatic amines is 1. The molecule has 5 heteroatoms. The second-order valence-corrected chi connectivity index (χ2v) is 6.67. The van der Waals surface area contributed by atoms with Crippen molar-refractivity contribution in [3.8, 4) is 0 Å². The van der Waals surface area contributed by atoms with E-state index in [0.29, 0.717) is 19.3 Å². The topological polar surface area (TPSA) is 74.0 Å². The first-order chi connectivity index (χ1) is 13.1. The van der Waals surface area contributed by atoms with Crippen LogP contribution in [0.15, 0.2) is 54.7 Å². The van der Waals surface area contributed by atoms with E-state index in [1.165, 1.54) is 5.39 Å². The molecular formula is C22H25N3O2. The van der Waals surface area contributed by atoms with Gasteiger partial charge in [0.1, 0.15) is 0 Å². The molecule has 0 saturated carbocycles. The SMILES string of the molecule is CCC(=O)Nc1ccc(C(C)NC(=O)CCc2c[nH]c3ccccc23)cc1. The van der Waals surface area contributed by atoms with Crippen LogP contribution in [0.25, 0.3) is 10.9 Å². The third-order valence-corrected chi connectivity index (χ3v) is 4.69. The fourth-order valence-electron chi connectivity index (χ4n) is 3.09. The van der Waals surface area contributed by atoms with Crippen LogP contribution in [0.3, 0.4) is 0 Å². The molecule has 0 radical (unpaired) electrons. The lowest BCUT2D eigenvalue weighted by atomic mass is 10.1. The molecule has 1 atom stereocenters. The molecule has 2 amide bonds. The summed E-state index contributed by atoms with van der Waals surface area (Å²) in [5.74, 6) is 0.0116. The fourth-order valence-corrected chi connectivity index (χ4v) is 3.09. The highest BCUT2D eigenvalue weighted by Gasteiger charge is 2.11. The molecule has 1 aromatic heterocycles. The molecule has 0 aliphatic heterocycles. The summed E-state index contributed by atoms with van der Waals surface area (Å²) in [6.45, 7) is 3.78. The largest absolute Gasteiger partial charge is 0.361 e. The number of amides is 2. The summed E-state index contributed by atoms with van der Waals surface area (Å²) >= 11 is 0. The minimum absolute atomic E-state index is 0.0126. The van der Waals surface area contributed by atoms with Crippen LogP contribution in [0.4, 0.5) is 5.69 Å². The molecule has 2 aromatic carbocycles. The second kappa shape index (κ2) is 8.54. The van der Waals surface area contributed by atoms with Gasteiger partial charge in [-0.1, -0.05) is 37.3 Å². The average molecular weight is 363 g/mol. The number of fused-ring (bicyclic) bond motifs is 1. The second-order valence-electron chi connectivity index (χ2n) is 6.67. The van der Waals surface area contributed by atoms with E-state index < -0.39 is 0 Å². The van der Waals surface area contributed by atoms with Crippen LogP contribution < -0.4 is 10.6 Å². The fraction of sp³-hybridized carbons (Fsp3) is 0.273. The first kappa shape index (κ1) is 18.7. The number of anilines is 1. The summed E-state index contributed by atoms with van der Waals surface area (Å²) in [5, 5.41) is 7.03. The number of hydrogen-bond donors (Lipinski definition) is 3. The lowest BCUT2D eigenvalue weighted by Crippen LogP contribution is -2.26. The van der Waals surface area contributed by atoms with Crippen molar-refractivity contribution < 1.29 is 9.59 Å². The van der Waals surface area contributed by atoms with Crippen LogP contribution in [-0.4, -0.2) is 16.8 Å². The van der Waals surface area contributed by atoms with Crippen molar-refractivity contribution in [3.05, 3.63) is 65.9 Å². The molecule has 0 bridgehead atoms. The van der Waals surface area contributed by atoms with Crippen molar-refractivity contribution in [1.82, 2.24) is 10.3 Å². The number of aromatic nitrogens is 1. The Hall–Kier alpha value is -3.08. The number of benzene rings is 2. The van der Waals surface area contributed by atoms with Gasteiger partial charge in [0.2, 0.25) is 11.8 Å². The minimum atomic E-state index is -0.0867. The third kappa shape index (κ3) is 4.76. The van der Waals surface area contributed by atoms with E-state index in [2.05, 4.69) is 21.7 Å². The van der Waals surface area contributed by atoms with E-state index in [-0.39, 0.29) is 17.9 Å². The zero-order chi connectivity index (χ0) is 19.2. The number of nitrogens with one attached hydrogen (secondary N) is 3. The van der Waals surface area contributed by atoms with Crippen molar-refractivity contribution in [2.45, 2.75) is 39.2 Å². The van der Waals surface area contributed by atoms with E-state index in [4.69, 9.17) is 0 Å². The highest BCUT2D eigenvalue weighted by molar-refractivity contribution is 5.90. The Kier molecular flexibility index (Phi) is 5.91. The van der Waals surface area contributed by atoms with Crippen LogP contribution in [0, 0.1) is 0 Å². The van der Waals surface area contributed by atoms with Gasteiger partial charge in [0.05, 0.1) is 6.04 Å². The molecule has 0 saturated heterocycles. The van der Waals surface area contributed by atoms with Gasteiger partial charge in [0.25, 0.3) is 0 Å². The lowest BCUT2D eigenvalue weighted by molar-refractivity contribution is -0.121. The third-order valence-electron chi connectivity index (χ3n) is 4.69. The molecule has 0 fully saturated rings. The zero-order valence-corrected chi connectivity index (χ0v) is 15.7. The van der Waals surface area contributed by atoms with Crippen molar-refractivity contribution in [2.75, 3.05) is 5.32 Å². The first-order valence-corrected chi connectivity index (χ1v) is 9.31. The maximum atomic E-state index is 12.3. The average Bonchev–Trinajstić information content (AvgIpc) is 3.10. The van der Waals surface area contributed by atoms with E-state index >= 15 is 0 Å². The predicted octanol–water partition coefficient (Wildman–Crippen LogP) is 4.33. The maximum absolute atomic E-state index is 12.3. The van der Waals surface area contributed by atoms with Crippen molar-refractivity contribution in [3.63, 3.8) is 0 Å². The van der Waals surface area contributed by atoms with E-state index in [1.54, 1.807) is 0 Å². The van der Waals surface area contributed by atoms with E-state index in [9.17, 15) is 9.59 Å². The van der Waals surface area contributed by atoms with Gasteiger partial charge in [-0.25, -0.2) is 0 Å². The summed E-state index contributed by atoms with van der Waals surface area (Å²) in [6.07, 6.45) is 3.57. The first-order valence-electron chi connectivity index (χ1n) is 9.31. The summed E-state index contributed by atoms with van der Waals surface area (Å²) in [4.78, 5) is 27.0. The zero-order valence-electron chi connectivity index (χ0n) is 15.7. The monoisotopic (exact) mass is 363 g/mol. The Morgan fingerprint density at radius 3 is 2.52 bits per heavy atom. The highest BCUT2D eigenvalue weighted by Crippen LogP contribution is 2.20. The summed E-state index contributed by atoms with van der Waals surface area (Å²) < 4.78 is 0. The van der Waals surface area contributed by atoms with Crippen LogP contribution in [-0.2, 0) is 16.0 Å². The highest BCUT2D eigenvalue weighted by atomic mass is 16.2. The van der Waals surface area contributed by atoms with Crippen LogP contribution >= 0.6 is 0 Å². The molecule has 3 N–H and O–H groups in total. The number of para-hydroxylation sites is 1. The molecule has 3 rings (SSSR count). The Labute approximate surface area is 159 Å². The van der Waals surface area contributed by atoms with E-state index in [1.807, 2.05) is 62.5 Å². The van der Waals surface area contributed by atoms with Crippen LogP contribution in [0.1, 0.15) is 43.9 Å². The number of carbonyl (C=O) groups is 2. The Balaban J connectivity index is 1.53. The Morgan fingerprint density at radius 1 is 1.04 bits per heavy atom. The number of carbonyl (C=O) groups excluding carboxylic acids is 2. The number of aryl methyl sites for hydroxylation is 1. The van der Waals surface area contributed by atoms with Gasteiger partial charge in [-0.3, -0.25) is 9.59 Å². The van der Waals surface area contributed by atoms with Gasteiger partial charge in [0, 0.05) is 35.6 Å². The molecule has 0 aliphatic rings. The molecule has 3 aromatic rings. The molecule has 0 spiro atoms. The standard InChI is InChI=1S/C22H25N3O2/c1-3-21(26)25-18-11-8-16(9-12-18)15(2)24-22(27)13-10-17-14-23-20-7-5-4-6-19(17)20/h4-9,11-12,14-15,23H,3,10,13H2,1-2H3,(H,24,27)(H,25,26). The van der Waals surface area contributed by atoms with Crippen molar-refractivity contribution in [2.24, 2.45) is 0 Å². The van der Waals surface area contributed by atoms with Gasteiger partial charge >= 0.3 is 0 Å². The molecule has 27 heavy (non-hydrogen) atoms. The van der Waals surface area contributed by atoms with Crippen LogP contribution in [0.2, 0.25) is 0 Å². The van der Waals surface area contributed by atoms with Crippen LogP contribution in [0.5, 0.6) is 0 Å². The van der Waals surface area contributed by atoms with E-state index in [0.717, 1.165) is 22.3 Å². The van der Waals surface area contributed by atoms with Gasteiger partial charge in [-0.05, 0) is 42.7 Å². The molecule has 140 valence electrons. The van der Waals surface area contributed by atoms with Crippen molar-refractivity contribution >= 4 is 28.4 Å². The van der Waals surface area contributed by atoms with Gasteiger partial charge in [-0.15, -0.1) is 0 Å². The molecule has 1 unspecified atom stereocenters. The smallest absolute Gasteiger partial charge is 0.224 e. The number of hydrogen-bond acceptors (Lipinski definition) is 2. The Bertz CT molecular complexity index is 928. The maximum Gasteiger partial charge on any atom is 0.224 e. The normalized spacial score (nSPS) is 11.9. The minimum Gasteiger partial charge on any atom is -0.361 e. The predicted molar refractivity (Wildman–Crippen MR) is 109 cm³/mol. The van der Waals surface area contributed by atoms with Gasteiger partial charge < -0.3 is 15.6 Å².